The van der Waals surface area contributed by atoms with Gasteiger partial charge in [0.15, 0.2) is 5.89 Å². The molecule has 0 fully saturated rings. The van der Waals surface area contributed by atoms with E-state index >= 15 is 0 Å². The number of nitrogens with zero attached hydrogens (tertiary/aromatic N) is 4. The molecule has 9 aromatic rings. The van der Waals surface area contributed by atoms with Crippen molar-refractivity contribution in [1.29, 1.82) is 0 Å². The summed E-state index contributed by atoms with van der Waals surface area (Å²) < 4.78 is 19.8. The number of para-hydroxylation sites is 2. The Morgan fingerprint density at radius 1 is 0.667 bits per heavy atom. The zero-order valence-corrected chi connectivity index (χ0v) is 25.6. The molecule has 4 aromatic carbocycles. The predicted molar refractivity (Wildman–Crippen MR) is 168 cm³/mol. The van der Waals surface area contributed by atoms with E-state index in [-0.39, 0.29) is 21.1 Å². The van der Waals surface area contributed by atoms with Crippen LogP contribution in [-0.2, 0) is 21.1 Å². The second-order valence-corrected chi connectivity index (χ2v) is 10.4. The first-order valence-corrected chi connectivity index (χ1v) is 14.1. The first-order valence-electron chi connectivity index (χ1n) is 14.1. The van der Waals surface area contributed by atoms with Crippen LogP contribution in [0.4, 0.5) is 0 Å². The van der Waals surface area contributed by atoms with Crippen LogP contribution >= 0.6 is 0 Å². The molecule has 0 saturated heterocycles. The molecule has 45 heavy (non-hydrogen) atoms. The summed E-state index contributed by atoms with van der Waals surface area (Å²) in [5.41, 5.74) is 8.22. The Hall–Kier alpha value is -5.52. The molecular weight excluding hydrogens is 744 g/mol. The molecule has 0 aliphatic rings. The molecule has 7 nitrogen and oxygen atoms in total. The van der Waals surface area contributed by atoms with Gasteiger partial charge in [-0.05, 0) is 70.3 Å². The first kappa shape index (κ1) is 27.1. The molecule has 0 atom stereocenters. The van der Waals surface area contributed by atoms with E-state index in [1.165, 1.54) is 0 Å². The second kappa shape index (κ2) is 10.9. The van der Waals surface area contributed by atoms with Crippen LogP contribution in [0.1, 0.15) is 0 Å². The third-order valence-electron chi connectivity index (χ3n) is 7.76. The van der Waals surface area contributed by atoms with Gasteiger partial charge in [0.05, 0.1) is 18.0 Å². The Balaban J connectivity index is 0.00000300. The summed E-state index contributed by atoms with van der Waals surface area (Å²) in [6.45, 7) is 0. The molecule has 0 radical (unpaired) electrons. The third-order valence-corrected chi connectivity index (χ3v) is 7.76. The van der Waals surface area contributed by atoms with Gasteiger partial charge in [-0.1, -0.05) is 41.3 Å². The standard InChI is InChI=1S/C37H20N4O3.Pt/c1-2-8-35-30(7-1)40-36(44-35)25-11-13-26-28-20-24(34-9-5-18-42-34)12-15-31(28)41(32(26)22-25)33-21-23(29-6-3-4-16-38-29)10-14-27(33)37-39-17-19-43-37;/h1-20H;/q-2;+2. The van der Waals surface area contributed by atoms with Crippen LogP contribution in [0.2, 0.25) is 0 Å². The van der Waals surface area contributed by atoms with Gasteiger partial charge >= 0.3 is 21.1 Å². The van der Waals surface area contributed by atoms with E-state index in [4.69, 9.17) is 18.2 Å². The Morgan fingerprint density at radius 2 is 1.58 bits per heavy atom. The maximum Gasteiger partial charge on any atom is 2.00 e. The molecule has 5 aromatic heterocycles. The fraction of sp³-hybridized carbons (Fsp3) is 0. The van der Waals surface area contributed by atoms with E-state index in [1.54, 1.807) is 24.9 Å². The SMILES string of the molecule is [Pt+2].[c-]1c(-c2ccccn2)ccc(-c2ncco2)c1-n1c2[c-]c(-c3nc4ccccc4o3)ccc2c2cc(-c3ccco3)ccc21. The van der Waals surface area contributed by atoms with E-state index in [0.717, 1.165) is 72.3 Å². The number of rotatable bonds is 5. The molecule has 9 rings (SSSR count). The van der Waals surface area contributed by atoms with E-state index < -0.39 is 0 Å². The van der Waals surface area contributed by atoms with Crippen molar-refractivity contribution in [2.75, 3.05) is 0 Å². The minimum atomic E-state index is 0. The van der Waals surface area contributed by atoms with Gasteiger partial charge in [-0.25, -0.2) is 4.98 Å². The van der Waals surface area contributed by atoms with Crippen LogP contribution in [0.3, 0.4) is 0 Å². The van der Waals surface area contributed by atoms with Crippen molar-refractivity contribution < 1.29 is 34.3 Å². The van der Waals surface area contributed by atoms with Crippen LogP contribution < -0.4 is 0 Å². The van der Waals surface area contributed by atoms with Crippen LogP contribution in [0.25, 0.3) is 84.1 Å². The van der Waals surface area contributed by atoms with Crippen molar-refractivity contribution in [1.82, 2.24) is 19.5 Å². The summed E-state index contributed by atoms with van der Waals surface area (Å²) in [7, 11) is 0. The normalized spacial score (nSPS) is 11.4. The molecular formula is C37H20N4O3Pt. The van der Waals surface area contributed by atoms with Crippen molar-refractivity contribution in [3.05, 3.63) is 134 Å². The van der Waals surface area contributed by atoms with Crippen molar-refractivity contribution >= 4 is 32.9 Å². The molecule has 0 aliphatic heterocycles. The summed E-state index contributed by atoms with van der Waals surface area (Å²) in [5.74, 6) is 1.78. The van der Waals surface area contributed by atoms with Gasteiger partial charge in [-0.3, -0.25) is 4.98 Å². The van der Waals surface area contributed by atoms with E-state index in [9.17, 15) is 0 Å². The largest absolute Gasteiger partial charge is 2.00 e. The Bertz CT molecular complexity index is 2410. The Labute approximate surface area is 271 Å². The average molecular weight is 764 g/mol. The van der Waals surface area contributed by atoms with Gasteiger partial charge in [0.25, 0.3) is 0 Å². The van der Waals surface area contributed by atoms with Crippen LogP contribution in [0.5, 0.6) is 0 Å². The predicted octanol–water partition coefficient (Wildman–Crippen LogP) is 9.17. The minimum absolute atomic E-state index is 0. The number of pyridine rings is 1. The van der Waals surface area contributed by atoms with Gasteiger partial charge in [0.1, 0.15) is 23.5 Å². The number of furan rings is 1. The van der Waals surface area contributed by atoms with Crippen LogP contribution in [-0.4, -0.2) is 19.5 Å². The van der Waals surface area contributed by atoms with E-state index in [0.29, 0.717) is 11.8 Å². The van der Waals surface area contributed by atoms with E-state index in [2.05, 4.69) is 50.9 Å². The topological polar surface area (TPSA) is 83.0 Å². The summed E-state index contributed by atoms with van der Waals surface area (Å²) in [6, 6.07) is 39.1. The summed E-state index contributed by atoms with van der Waals surface area (Å²) >= 11 is 0. The molecule has 8 heteroatoms. The van der Waals surface area contributed by atoms with E-state index in [1.807, 2.05) is 72.8 Å². The van der Waals surface area contributed by atoms with Gasteiger partial charge < -0.3 is 22.8 Å². The first-order chi connectivity index (χ1) is 21.8. The number of aromatic nitrogens is 4. The average Bonchev–Trinajstić information content (AvgIpc) is 3.90. The number of hydrogen-bond donors (Lipinski definition) is 0. The summed E-state index contributed by atoms with van der Waals surface area (Å²) in [5, 5.41) is 2.03. The molecule has 0 spiro atoms. The minimum Gasteiger partial charge on any atom is -0.481 e. The Kier molecular flexibility index (Phi) is 6.54. The number of benzene rings is 4. The molecule has 0 unspecified atom stereocenters. The zero-order chi connectivity index (χ0) is 29.0. The van der Waals surface area contributed by atoms with Gasteiger partial charge in [-0.15, -0.1) is 42.0 Å². The fourth-order valence-electron chi connectivity index (χ4n) is 5.74. The molecule has 0 saturated carbocycles. The number of fused-ring (bicyclic) bond motifs is 4. The Morgan fingerprint density at radius 3 is 2.40 bits per heavy atom. The van der Waals surface area contributed by atoms with Gasteiger partial charge in [0.2, 0.25) is 0 Å². The molecule has 5 heterocycles. The van der Waals surface area contributed by atoms with Gasteiger partial charge in [-0.2, -0.15) is 0 Å². The summed E-state index contributed by atoms with van der Waals surface area (Å²) in [4.78, 5) is 13.8. The van der Waals surface area contributed by atoms with Crippen LogP contribution in [0, 0.1) is 12.1 Å². The number of oxazole rings is 2. The maximum absolute atomic E-state index is 6.15. The molecule has 0 N–H and O–H groups in total. The van der Waals surface area contributed by atoms with Crippen molar-refractivity contribution in [3.8, 4) is 51.2 Å². The third kappa shape index (κ3) is 4.52. The summed E-state index contributed by atoms with van der Waals surface area (Å²) in [6.07, 6.45) is 6.68. The van der Waals surface area contributed by atoms with Crippen molar-refractivity contribution in [2.45, 2.75) is 0 Å². The molecule has 0 amide bonds. The van der Waals surface area contributed by atoms with Crippen LogP contribution in [0.15, 0.2) is 135 Å². The zero-order valence-electron chi connectivity index (χ0n) is 23.4. The van der Waals surface area contributed by atoms with Gasteiger partial charge in [0, 0.05) is 17.3 Å². The van der Waals surface area contributed by atoms with Crippen molar-refractivity contribution in [2.24, 2.45) is 0 Å². The molecule has 216 valence electrons. The van der Waals surface area contributed by atoms with Crippen molar-refractivity contribution in [3.63, 3.8) is 0 Å². The maximum atomic E-state index is 6.15. The molecule has 0 bridgehead atoms. The molecule has 0 aliphatic carbocycles. The smallest absolute Gasteiger partial charge is 0.481 e. The second-order valence-electron chi connectivity index (χ2n) is 10.4. The quantitative estimate of drug-likeness (QED) is 0.163. The monoisotopic (exact) mass is 763 g/mol. The number of hydrogen-bond acceptors (Lipinski definition) is 6. The fourth-order valence-corrected chi connectivity index (χ4v) is 5.74.